The van der Waals surface area contributed by atoms with Crippen molar-refractivity contribution in [1.82, 2.24) is 20.4 Å². The fourth-order valence-corrected chi connectivity index (χ4v) is 3.14. The molecule has 2 aromatic rings. The molecule has 6 heteroatoms. The van der Waals surface area contributed by atoms with Crippen molar-refractivity contribution in [3.8, 4) is 0 Å². The topological polar surface area (TPSA) is 78.1 Å². The Morgan fingerprint density at radius 1 is 1.38 bits per heavy atom. The average Bonchev–Trinajstić information content (AvgIpc) is 3.03. The zero-order chi connectivity index (χ0) is 17.1. The maximum atomic E-state index is 12.8. The van der Waals surface area contributed by atoms with Crippen LogP contribution in [0.15, 0.2) is 24.3 Å². The molecule has 0 spiro atoms. The molecule has 1 aromatic heterocycles. The molecule has 0 unspecified atom stereocenters. The van der Waals surface area contributed by atoms with Crippen molar-refractivity contribution >= 4 is 22.7 Å². The van der Waals surface area contributed by atoms with Gasteiger partial charge in [-0.15, -0.1) is 0 Å². The molecule has 0 aliphatic carbocycles. The SMILES string of the molecule is CC(C)C(=O)NC[C@H]1CCCN(C(=O)c2n[nH]c3ccccc23)C1. The van der Waals surface area contributed by atoms with Gasteiger partial charge in [0.15, 0.2) is 5.69 Å². The summed E-state index contributed by atoms with van der Waals surface area (Å²) in [5.41, 5.74) is 1.36. The Morgan fingerprint density at radius 3 is 2.96 bits per heavy atom. The van der Waals surface area contributed by atoms with E-state index in [1.54, 1.807) is 0 Å². The van der Waals surface area contributed by atoms with Gasteiger partial charge in [0.05, 0.1) is 5.52 Å². The number of piperidine rings is 1. The standard InChI is InChI=1S/C18H24N4O2/c1-12(2)17(23)19-10-13-6-5-9-22(11-13)18(24)16-14-7-3-4-8-15(14)20-21-16/h3-4,7-8,12-13H,5-6,9-11H2,1-2H3,(H,19,23)(H,20,21)/t13-/m1/s1. The van der Waals surface area contributed by atoms with Gasteiger partial charge in [-0.25, -0.2) is 0 Å². The Morgan fingerprint density at radius 2 is 2.17 bits per heavy atom. The van der Waals surface area contributed by atoms with Crippen molar-refractivity contribution in [2.75, 3.05) is 19.6 Å². The number of aromatic nitrogens is 2. The Labute approximate surface area is 141 Å². The quantitative estimate of drug-likeness (QED) is 0.903. The number of carbonyl (C=O) groups is 2. The molecule has 0 saturated carbocycles. The summed E-state index contributed by atoms with van der Waals surface area (Å²) in [5, 5.41) is 11.0. The Hall–Kier alpha value is -2.37. The summed E-state index contributed by atoms with van der Waals surface area (Å²) in [6.45, 7) is 5.80. The summed E-state index contributed by atoms with van der Waals surface area (Å²) >= 11 is 0. The molecule has 6 nitrogen and oxygen atoms in total. The van der Waals surface area contributed by atoms with Gasteiger partial charge < -0.3 is 10.2 Å². The number of rotatable bonds is 4. The molecule has 128 valence electrons. The van der Waals surface area contributed by atoms with Crippen molar-refractivity contribution in [3.63, 3.8) is 0 Å². The molecule has 24 heavy (non-hydrogen) atoms. The number of H-pyrrole nitrogens is 1. The van der Waals surface area contributed by atoms with Gasteiger partial charge in [0.1, 0.15) is 0 Å². The molecule has 3 rings (SSSR count). The van der Waals surface area contributed by atoms with Crippen molar-refractivity contribution in [1.29, 1.82) is 0 Å². The second-order valence-electron chi connectivity index (χ2n) is 6.78. The first-order chi connectivity index (χ1) is 11.6. The smallest absolute Gasteiger partial charge is 0.275 e. The van der Waals surface area contributed by atoms with Gasteiger partial charge in [0, 0.05) is 30.9 Å². The normalized spacial score (nSPS) is 18.1. The maximum absolute atomic E-state index is 12.8. The number of nitrogens with zero attached hydrogens (tertiary/aromatic N) is 2. The molecule has 0 bridgehead atoms. The van der Waals surface area contributed by atoms with E-state index in [0.717, 1.165) is 30.3 Å². The molecule has 2 N–H and O–H groups in total. The van der Waals surface area contributed by atoms with Gasteiger partial charge in [-0.2, -0.15) is 5.10 Å². The molecule has 1 aliphatic rings. The number of aromatic amines is 1. The minimum atomic E-state index is -0.0349. The average molecular weight is 328 g/mol. The van der Waals surface area contributed by atoms with Gasteiger partial charge in [0.25, 0.3) is 5.91 Å². The first-order valence-corrected chi connectivity index (χ1v) is 8.56. The van der Waals surface area contributed by atoms with E-state index >= 15 is 0 Å². The van der Waals surface area contributed by atoms with E-state index in [1.165, 1.54) is 0 Å². The minimum absolute atomic E-state index is 0.0123. The third-order valence-electron chi connectivity index (χ3n) is 4.57. The summed E-state index contributed by atoms with van der Waals surface area (Å²) in [7, 11) is 0. The number of hydrogen-bond acceptors (Lipinski definition) is 3. The third kappa shape index (κ3) is 3.42. The van der Waals surface area contributed by atoms with E-state index in [0.29, 0.717) is 24.7 Å². The number of hydrogen-bond donors (Lipinski definition) is 2. The van der Waals surface area contributed by atoms with E-state index in [4.69, 9.17) is 0 Å². The van der Waals surface area contributed by atoms with Gasteiger partial charge in [-0.1, -0.05) is 32.0 Å². The Kier molecular flexibility index (Phi) is 4.83. The number of carbonyl (C=O) groups excluding carboxylic acids is 2. The molecule has 2 amide bonds. The Balaban J connectivity index is 1.66. The van der Waals surface area contributed by atoms with Crippen LogP contribution in [0.25, 0.3) is 10.9 Å². The molecular formula is C18H24N4O2. The number of fused-ring (bicyclic) bond motifs is 1. The van der Waals surface area contributed by atoms with E-state index in [-0.39, 0.29) is 17.7 Å². The van der Waals surface area contributed by atoms with Crippen LogP contribution in [0.2, 0.25) is 0 Å². The number of likely N-dealkylation sites (tertiary alicyclic amines) is 1. The number of benzene rings is 1. The molecule has 1 atom stereocenters. The zero-order valence-electron chi connectivity index (χ0n) is 14.2. The van der Waals surface area contributed by atoms with Gasteiger partial charge in [-0.05, 0) is 24.8 Å². The van der Waals surface area contributed by atoms with Crippen LogP contribution in [-0.4, -0.2) is 46.5 Å². The van der Waals surface area contributed by atoms with Crippen LogP contribution in [0.5, 0.6) is 0 Å². The van der Waals surface area contributed by atoms with Gasteiger partial charge in [0.2, 0.25) is 5.91 Å². The fraction of sp³-hybridized carbons (Fsp3) is 0.500. The second kappa shape index (κ2) is 7.03. The predicted molar refractivity (Wildman–Crippen MR) is 92.6 cm³/mol. The first kappa shape index (κ1) is 16.5. The van der Waals surface area contributed by atoms with Crippen LogP contribution in [0, 0.1) is 11.8 Å². The van der Waals surface area contributed by atoms with E-state index < -0.39 is 0 Å². The highest BCUT2D eigenvalue weighted by atomic mass is 16.2. The highest BCUT2D eigenvalue weighted by Gasteiger charge is 2.27. The summed E-state index contributed by atoms with van der Waals surface area (Å²) in [6.07, 6.45) is 1.99. The summed E-state index contributed by atoms with van der Waals surface area (Å²) in [4.78, 5) is 26.4. The summed E-state index contributed by atoms with van der Waals surface area (Å²) in [5.74, 6) is 0.321. The van der Waals surface area contributed by atoms with Crippen LogP contribution in [0.1, 0.15) is 37.2 Å². The van der Waals surface area contributed by atoms with E-state index in [9.17, 15) is 9.59 Å². The van der Waals surface area contributed by atoms with Crippen LogP contribution in [0.4, 0.5) is 0 Å². The number of amides is 2. The Bertz CT molecular complexity index is 737. The lowest BCUT2D eigenvalue weighted by Gasteiger charge is -2.32. The number of nitrogens with one attached hydrogen (secondary N) is 2. The lowest BCUT2D eigenvalue weighted by Crippen LogP contribution is -2.44. The van der Waals surface area contributed by atoms with Crippen molar-refractivity contribution < 1.29 is 9.59 Å². The number of para-hydroxylation sites is 1. The predicted octanol–water partition coefficient (Wildman–Crippen LogP) is 2.19. The first-order valence-electron chi connectivity index (χ1n) is 8.56. The van der Waals surface area contributed by atoms with Crippen LogP contribution >= 0.6 is 0 Å². The highest BCUT2D eigenvalue weighted by molar-refractivity contribution is 6.04. The fourth-order valence-electron chi connectivity index (χ4n) is 3.14. The lowest BCUT2D eigenvalue weighted by molar-refractivity contribution is -0.124. The second-order valence-corrected chi connectivity index (χ2v) is 6.78. The van der Waals surface area contributed by atoms with E-state index in [2.05, 4.69) is 15.5 Å². The van der Waals surface area contributed by atoms with Crippen LogP contribution < -0.4 is 5.32 Å². The molecule has 0 radical (unpaired) electrons. The largest absolute Gasteiger partial charge is 0.356 e. The van der Waals surface area contributed by atoms with Crippen molar-refractivity contribution in [2.45, 2.75) is 26.7 Å². The summed E-state index contributed by atoms with van der Waals surface area (Å²) in [6, 6.07) is 7.66. The van der Waals surface area contributed by atoms with Crippen molar-refractivity contribution in [2.24, 2.45) is 11.8 Å². The lowest BCUT2D eigenvalue weighted by atomic mass is 9.97. The van der Waals surface area contributed by atoms with Gasteiger partial charge >= 0.3 is 0 Å². The highest BCUT2D eigenvalue weighted by Crippen LogP contribution is 2.21. The molecule has 1 fully saturated rings. The van der Waals surface area contributed by atoms with E-state index in [1.807, 2.05) is 43.0 Å². The molecular weight excluding hydrogens is 304 g/mol. The summed E-state index contributed by atoms with van der Waals surface area (Å²) < 4.78 is 0. The molecule has 1 aromatic carbocycles. The molecule has 2 heterocycles. The monoisotopic (exact) mass is 328 g/mol. The maximum Gasteiger partial charge on any atom is 0.275 e. The van der Waals surface area contributed by atoms with Crippen molar-refractivity contribution in [3.05, 3.63) is 30.0 Å². The zero-order valence-corrected chi connectivity index (χ0v) is 14.2. The molecule has 1 aliphatic heterocycles. The van der Waals surface area contributed by atoms with Crippen LogP contribution in [-0.2, 0) is 4.79 Å². The van der Waals surface area contributed by atoms with Crippen LogP contribution in [0.3, 0.4) is 0 Å². The minimum Gasteiger partial charge on any atom is -0.356 e. The third-order valence-corrected chi connectivity index (χ3v) is 4.57. The van der Waals surface area contributed by atoms with Gasteiger partial charge in [-0.3, -0.25) is 14.7 Å². The molecule has 1 saturated heterocycles.